The van der Waals surface area contributed by atoms with Crippen LogP contribution in [0.5, 0.6) is 5.75 Å². The standard InChI is InChI=1S/C18H16FN3O3/c1-24-15-8-2-12(3-9-15)10-16(23)20-11-17-21-22-18(25-17)13-4-6-14(19)7-5-13/h2-9H,10-11H2,1H3,(H,20,23). The molecular weight excluding hydrogens is 325 g/mol. The number of aromatic nitrogens is 2. The second-order valence-corrected chi connectivity index (χ2v) is 5.31. The zero-order valence-electron chi connectivity index (χ0n) is 13.5. The molecule has 7 heteroatoms. The Bertz CT molecular complexity index is 845. The van der Waals surface area contributed by atoms with Gasteiger partial charge in [0.1, 0.15) is 11.6 Å². The van der Waals surface area contributed by atoms with Crippen LogP contribution in [0.1, 0.15) is 11.5 Å². The van der Waals surface area contributed by atoms with Gasteiger partial charge in [-0.2, -0.15) is 0 Å². The minimum atomic E-state index is -0.339. The minimum absolute atomic E-state index is 0.128. The molecule has 3 rings (SSSR count). The van der Waals surface area contributed by atoms with Crippen LogP contribution in [0.3, 0.4) is 0 Å². The molecule has 0 bridgehead atoms. The lowest BCUT2D eigenvalue weighted by Gasteiger charge is -2.04. The van der Waals surface area contributed by atoms with Crippen LogP contribution in [0.25, 0.3) is 11.5 Å². The van der Waals surface area contributed by atoms with E-state index in [0.717, 1.165) is 11.3 Å². The lowest BCUT2D eigenvalue weighted by molar-refractivity contribution is -0.120. The zero-order chi connectivity index (χ0) is 17.6. The Kier molecular flexibility index (Phi) is 5.03. The molecule has 0 aliphatic carbocycles. The second kappa shape index (κ2) is 7.57. The van der Waals surface area contributed by atoms with E-state index in [9.17, 15) is 9.18 Å². The number of methoxy groups -OCH3 is 1. The summed E-state index contributed by atoms with van der Waals surface area (Å²) in [6.07, 6.45) is 0.239. The smallest absolute Gasteiger partial charge is 0.247 e. The van der Waals surface area contributed by atoms with Crippen LogP contribution in [0.15, 0.2) is 52.9 Å². The molecule has 1 amide bonds. The number of nitrogens with one attached hydrogen (secondary N) is 1. The number of carbonyl (C=O) groups excluding carboxylic acids is 1. The van der Waals surface area contributed by atoms with E-state index in [1.54, 1.807) is 31.4 Å². The van der Waals surface area contributed by atoms with Gasteiger partial charge in [0.2, 0.25) is 17.7 Å². The Balaban J connectivity index is 1.54. The monoisotopic (exact) mass is 341 g/mol. The number of benzene rings is 2. The number of rotatable bonds is 6. The van der Waals surface area contributed by atoms with Crippen LogP contribution in [-0.2, 0) is 17.8 Å². The molecule has 1 N–H and O–H groups in total. The molecule has 0 aliphatic rings. The van der Waals surface area contributed by atoms with Crippen molar-refractivity contribution < 1.29 is 18.3 Å². The predicted molar refractivity (Wildman–Crippen MR) is 88.2 cm³/mol. The molecule has 0 fully saturated rings. The van der Waals surface area contributed by atoms with Gasteiger partial charge in [-0.05, 0) is 42.0 Å². The Morgan fingerprint density at radius 1 is 1.12 bits per heavy atom. The molecular formula is C18H16FN3O3. The first-order valence-electron chi connectivity index (χ1n) is 7.62. The number of amides is 1. The molecule has 0 saturated heterocycles. The summed E-state index contributed by atoms with van der Waals surface area (Å²) >= 11 is 0. The molecule has 0 radical (unpaired) electrons. The Morgan fingerprint density at radius 2 is 1.84 bits per heavy atom. The van der Waals surface area contributed by atoms with Crippen molar-refractivity contribution >= 4 is 5.91 Å². The van der Waals surface area contributed by atoms with Crippen molar-refractivity contribution in [3.63, 3.8) is 0 Å². The molecule has 0 aliphatic heterocycles. The SMILES string of the molecule is COc1ccc(CC(=O)NCc2nnc(-c3ccc(F)cc3)o2)cc1. The average molecular weight is 341 g/mol. The van der Waals surface area contributed by atoms with Gasteiger partial charge in [-0.15, -0.1) is 10.2 Å². The van der Waals surface area contributed by atoms with Gasteiger partial charge in [-0.1, -0.05) is 12.1 Å². The van der Waals surface area contributed by atoms with E-state index < -0.39 is 0 Å². The normalized spacial score (nSPS) is 10.5. The average Bonchev–Trinajstić information content (AvgIpc) is 3.10. The van der Waals surface area contributed by atoms with E-state index in [1.165, 1.54) is 12.1 Å². The van der Waals surface area contributed by atoms with E-state index in [2.05, 4.69) is 15.5 Å². The summed E-state index contributed by atoms with van der Waals surface area (Å²) < 4.78 is 23.5. The fourth-order valence-corrected chi connectivity index (χ4v) is 2.20. The summed E-state index contributed by atoms with van der Waals surface area (Å²) in [4.78, 5) is 12.0. The van der Waals surface area contributed by atoms with Crippen molar-refractivity contribution in [2.24, 2.45) is 0 Å². The Labute approximate surface area is 143 Å². The van der Waals surface area contributed by atoms with Gasteiger partial charge < -0.3 is 14.5 Å². The first-order chi connectivity index (χ1) is 12.1. The van der Waals surface area contributed by atoms with Gasteiger partial charge in [0.15, 0.2) is 0 Å². The molecule has 3 aromatic rings. The third kappa shape index (κ3) is 4.41. The molecule has 0 atom stereocenters. The van der Waals surface area contributed by atoms with E-state index in [4.69, 9.17) is 9.15 Å². The van der Waals surface area contributed by atoms with Crippen molar-refractivity contribution in [2.75, 3.05) is 7.11 Å². The largest absolute Gasteiger partial charge is 0.497 e. The summed E-state index contributed by atoms with van der Waals surface area (Å²) in [6, 6.07) is 13.0. The van der Waals surface area contributed by atoms with Crippen LogP contribution in [0, 0.1) is 5.82 Å². The van der Waals surface area contributed by atoms with E-state index >= 15 is 0 Å². The number of ether oxygens (including phenoxy) is 1. The van der Waals surface area contributed by atoms with Crippen LogP contribution in [0.2, 0.25) is 0 Å². The first-order valence-corrected chi connectivity index (χ1v) is 7.62. The highest BCUT2D eigenvalue weighted by Crippen LogP contribution is 2.18. The maximum Gasteiger partial charge on any atom is 0.247 e. The first kappa shape index (κ1) is 16.6. The highest BCUT2D eigenvalue weighted by Gasteiger charge is 2.10. The summed E-state index contributed by atoms with van der Waals surface area (Å²) in [5, 5.41) is 10.5. The van der Waals surface area contributed by atoms with Crippen molar-refractivity contribution in [3.05, 3.63) is 65.8 Å². The van der Waals surface area contributed by atoms with Crippen molar-refractivity contribution in [2.45, 2.75) is 13.0 Å². The molecule has 2 aromatic carbocycles. The number of hydrogen-bond acceptors (Lipinski definition) is 5. The van der Waals surface area contributed by atoms with E-state index in [1.807, 2.05) is 12.1 Å². The van der Waals surface area contributed by atoms with Gasteiger partial charge in [0.25, 0.3) is 0 Å². The highest BCUT2D eigenvalue weighted by molar-refractivity contribution is 5.78. The van der Waals surface area contributed by atoms with Gasteiger partial charge in [0.05, 0.1) is 20.1 Å². The lowest BCUT2D eigenvalue weighted by Crippen LogP contribution is -2.24. The number of nitrogens with zero attached hydrogens (tertiary/aromatic N) is 2. The van der Waals surface area contributed by atoms with Crippen LogP contribution in [0.4, 0.5) is 4.39 Å². The fraction of sp³-hybridized carbons (Fsp3) is 0.167. The van der Waals surface area contributed by atoms with Gasteiger partial charge in [-0.3, -0.25) is 4.79 Å². The Morgan fingerprint density at radius 3 is 2.52 bits per heavy atom. The summed E-state index contributed by atoms with van der Waals surface area (Å²) in [6.45, 7) is 0.128. The molecule has 6 nitrogen and oxygen atoms in total. The maximum absolute atomic E-state index is 12.9. The number of carbonyl (C=O) groups is 1. The Hall–Kier alpha value is -3.22. The zero-order valence-corrected chi connectivity index (χ0v) is 13.5. The summed E-state index contributed by atoms with van der Waals surface area (Å²) in [5.41, 5.74) is 1.49. The molecule has 0 saturated carbocycles. The third-order valence-electron chi connectivity index (χ3n) is 3.52. The van der Waals surface area contributed by atoms with Gasteiger partial charge >= 0.3 is 0 Å². The molecule has 1 aromatic heterocycles. The number of hydrogen-bond donors (Lipinski definition) is 1. The quantitative estimate of drug-likeness (QED) is 0.746. The minimum Gasteiger partial charge on any atom is -0.497 e. The lowest BCUT2D eigenvalue weighted by atomic mass is 10.1. The van der Waals surface area contributed by atoms with Crippen LogP contribution in [-0.4, -0.2) is 23.2 Å². The number of halogens is 1. The topological polar surface area (TPSA) is 77.2 Å². The molecule has 1 heterocycles. The van der Waals surface area contributed by atoms with Crippen molar-refractivity contribution in [1.29, 1.82) is 0 Å². The molecule has 0 spiro atoms. The van der Waals surface area contributed by atoms with Gasteiger partial charge in [-0.25, -0.2) is 4.39 Å². The maximum atomic E-state index is 12.9. The highest BCUT2D eigenvalue weighted by atomic mass is 19.1. The summed E-state index contributed by atoms with van der Waals surface area (Å²) in [5.74, 6) is 0.797. The van der Waals surface area contributed by atoms with Crippen molar-refractivity contribution in [1.82, 2.24) is 15.5 Å². The van der Waals surface area contributed by atoms with Crippen LogP contribution >= 0.6 is 0 Å². The molecule has 0 unspecified atom stereocenters. The molecule has 128 valence electrons. The molecule has 25 heavy (non-hydrogen) atoms. The van der Waals surface area contributed by atoms with Crippen LogP contribution < -0.4 is 10.1 Å². The third-order valence-corrected chi connectivity index (χ3v) is 3.52. The predicted octanol–water partition coefficient (Wildman–Crippen LogP) is 2.74. The van der Waals surface area contributed by atoms with Crippen molar-refractivity contribution in [3.8, 4) is 17.2 Å². The van der Waals surface area contributed by atoms with E-state index in [0.29, 0.717) is 5.56 Å². The summed E-state index contributed by atoms with van der Waals surface area (Å²) in [7, 11) is 1.59. The second-order valence-electron chi connectivity index (χ2n) is 5.31. The van der Waals surface area contributed by atoms with E-state index in [-0.39, 0.29) is 36.5 Å². The van der Waals surface area contributed by atoms with Gasteiger partial charge in [0, 0.05) is 5.56 Å². The fourth-order valence-electron chi connectivity index (χ4n) is 2.20.